The number of amides is 2. The Morgan fingerprint density at radius 2 is 1.89 bits per heavy atom. The Hall–Kier alpha value is -1.84. The lowest BCUT2D eigenvalue weighted by Gasteiger charge is -2.35. The monoisotopic (exact) mass is 246 g/mol. The summed E-state index contributed by atoms with van der Waals surface area (Å²) in [6.45, 7) is 5.83. The van der Waals surface area contributed by atoms with Gasteiger partial charge >= 0.3 is 0 Å². The second-order valence-corrected chi connectivity index (χ2v) is 4.84. The molecule has 18 heavy (non-hydrogen) atoms. The topological polar surface area (TPSA) is 49.4 Å². The molecule has 2 atom stereocenters. The number of rotatable bonds is 2. The van der Waals surface area contributed by atoms with Crippen LogP contribution < -0.4 is 5.32 Å². The molecule has 0 saturated carbocycles. The highest BCUT2D eigenvalue weighted by Gasteiger charge is 2.32. The molecule has 2 rings (SSSR count). The first-order valence-corrected chi connectivity index (χ1v) is 6.15. The first-order valence-electron chi connectivity index (χ1n) is 6.15. The predicted molar refractivity (Wildman–Crippen MR) is 68.9 cm³/mol. The maximum atomic E-state index is 12.1. The van der Waals surface area contributed by atoms with Crippen molar-refractivity contribution in [3.05, 3.63) is 35.4 Å². The highest BCUT2D eigenvalue weighted by molar-refractivity contribution is 5.94. The van der Waals surface area contributed by atoms with Gasteiger partial charge in [-0.05, 0) is 26.3 Å². The van der Waals surface area contributed by atoms with E-state index in [1.807, 2.05) is 38.1 Å². The number of hydrogen-bond acceptors (Lipinski definition) is 2. The van der Waals surface area contributed by atoms with Crippen molar-refractivity contribution in [1.82, 2.24) is 10.2 Å². The molecule has 0 bridgehead atoms. The second kappa shape index (κ2) is 4.80. The molecule has 1 heterocycles. The first kappa shape index (κ1) is 12.6. The zero-order valence-electron chi connectivity index (χ0n) is 10.9. The van der Waals surface area contributed by atoms with E-state index < -0.39 is 6.04 Å². The zero-order valence-corrected chi connectivity index (χ0v) is 10.9. The van der Waals surface area contributed by atoms with Crippen LogP contribution in [0, 0.1) is 6.92 Å². The lowest BCUT2D eigenvalue weighted by atomic mass is 10.0. The van der Waals surface area contributed by atoms with Gasteiger partial charge in [-0.2, -0.15) is 0 Å². The number of carbonyl (C=O) groups is 2. The van der Waals surface area contributed by atoms with Crippen molar-refractivity contribution in [3.63, 3.8) is 0 Å². The Bertz CT molecular complexity index is 467. The van der Waals surface area contributed by atoms with E-state index in [-0.39, 0.29) is 24.4 Å². The smallest absolute Gasteiger partial charge is 0.245 e. The van der Waals surface area contributed by atoms with Crippen molar-refractivity contribution in [1.29, 1.82) is 0 Å². The van der Waals surface area contributed by atoms with Crippen molar-refractivity contribution in [2.45, 2.75) is 32.9 Å². The third-order valence-corrected chi connectivity index (χ3v) is 3.37. The Morgan fingerprint density at radius 3 is 2.50 bits per heavy atom. The van der Waals surface area contributed by atoms with Gasteiger partial charge in [-0.3, -0.25) is 9.59 Å². The van der Waals surface area contributed by atoms with Crippen LogP contribution in [0.4, 0.5) is 0 Å². The van der Waals surface area contributed by atoms with E-state index in [0.717, 1.165) is 5.56 Å². The third-order valence-electron chi connectivity index (χ3n) is 3.37. The first-order chi connectivity index (χ1) is 8.49. The fraction of sp³-hybridized carbons (Fsp3) is 0.429. The minimum Gasteiger partial charge on any atom is -0.343 e. The summed E-state index contributed by atoms with van der Waals surface area (Å²) >= 11 is 0. The Morgan fingerprint density at radius 1 is 1.28 bits per heavy atom. The van der Waals surface area contributed by atoms with Gasteiger partial charge in [0.1, 0.15) is 12.6 Å². The van der Waals surface area contributed by atoms with Crippen molar-refractivity contribution in [2.24, 2.45) is 0 Å². The van der Waals surface area contributed by atoms with E-state index in [2.05, 4.69) is 5.32 Å². The number of benzene rings is 1. The average molecular weight is 246 g/mol. The summed E-state index contributed by atoms with van der Waals surface area (Å²) in [5.74, 6) is -0.122. The van der Waals surface area contributed by atoms with Crippen molar-refractivity contribution < 1.29 is 9.59 Å². The van der Waals surface area contributed by atoms with Gasteiger partial charge in [-0.1, -0.05) is 29.8 Å². The van der Waals surface area contributed by atoms with Gasteiger partial charge in [0.25, 0.3) is 0 Å². The maximum absolute atomic E-state index is 12.1. The molecule has 4 nitrogen and oxygen atoms in total. The Balaban J connectivity index is 2.21. The molecule has 1 N–H and O–H groups in total. The van der Waals surface area contributed by atoms with Gasteiger partial charge in [0, 0.05) is 0 Å². The second-order valence-electron chi connectivity index (χ2n) is 4.84. The quantitative estimate of drug-likeness (QED) is 0.857. The average Bonchev–Trinajstić information content (AvgIpc) is 2.34. The molecule has 1 saturated heterocycles. The Labute approximate surface area is 107 Å². The molecule has 1 aliphatic rings. The summed E-state index contributed by atoms with van der Waals surface area (Å²) in [4.78, 5) is 25.2. The van der Waals surface area contributed by atoms with Crippen LogP contribution in [0.3, 0.4) is 0 Å². The van der Waals surface area contributed by atoms with Gasteiger partial charge in [-0.25, -0.2) is 0 Å². The lowest BCUT2D eigenvalue weighted by molar-refractivity contribution is -0.145. The molecular formula is C14H18N2O2. The minimum absolute atomic E-state index is 0.0253. The van der Waals surface area contributed by atoms with Crippen LogP contribution in [0.2, 0.25) is 0 Å². The van der Waals surface area contributed by atoms with Gasteiger partial charge < -0.3 is 10.2 Å². The molecule has 1 fully saturated rings. The zero-order chi connectivity index (χ0) is 13.3. The lowest BCUT2D eigenvalue weighted by Crippen LogP contribution is -2.57. The van der Waals surface area contributed by atoms with E-state index in [0.29, 0.717) is 0 Å². The molecule has 0 aliphatic carbocycles. The van der Waals surface area contributed by atoms with Gasteiger partial charge in [0.2, 0.25) is 11.8 Å². The molecule has 4 heteroatoms. The fourth-order valence-electron chi connectivity index (χ4n) is 2.18. The highest BCUT2D eigenvalue weighted by Crippen LogP contribution is 2.22. The minimum atomic E-state index is -0.431. The van der Waals surface area contributed by atoms with E-state index in [1.165, 1.54) is 5.56 Å². The number of nitrogens with zero attached hydrogens (tertiary/aromatic N) is 1. The van der Waals surface area contributed by atoms with Crippen LogP contribution >= 0.6 is 0 Å². The Kier molecular flexibility index (Phi) is 3.36. The summed E-state index contributed by atoms with van der Waals surface area (Å²) in [5.41, 5.74) is 2.23. The van der Waals surface area contributed by atoms with E-state index in [1.54, 1.807) is 11.8 Å². The van der Waals surface area contributed by atoms with Gasteiger partial charge in [-0.15, -0.1) is 0 Å². The van der Waals surface area contributed by atoms with E-state index in [4.69, 9.17) is 0 Å². The summed E-state index contributed by atoms with van der Waals surface area (Å²) < 4.78 is 0. The summed E-state index contributed by atoms with van der Waals surface area (Å²) in [5, 5.41) is 2.64. The molecule has 1 aromatic rings. The molecule has 0 aromatic heterocycles. The molecule has 96 valence electrons. The van der Waals surface area contributed by atoms with Crippen LogP contribution in [0.15, 0.2) is 24.3 Å². The van der Waals surface area contributed by atoms with Crippen LogP contribution in [0.25, 0.3) is 0 Å². The van der Waals surface area contributed by atoms with Crippen molar-refractivity contribution in [2.75, 3.05) is 6.54 Å². The number of aryl methyl sites for hydroxylation is 1. The molecule has 0 radical (unpaired) electrons. The fourth-order valence-corrected chi connectivity index (χ4v) is 2.18. The largest absolute Gasteiger partial charge is 0.343 e. The number of hydrogen-bond donors (Lipinski definition) is 1. The third kappa shape index (κ3) is 2.37. The predicted octanol–water partition coefficient (Wildman–Crippen LogP) is 1.40. The molecule has 1 aliphatic heterocycles. The van der Waals surface area contributed by atoms with Crippen LogP contribution in [0.5, 0.6) is 0 Å². The normalized spacial score (nSPS) is 21.7. The van der Waals surface area contributed by atoms with Crippen molar-refractivity contribution >= 4 is 11.8 Å². The summed E-state index contributed by atoms with van der Waals surface area (Å²) in [6.07, 6.45) is 0. The maximum Gasteiger partial charge on any atom is 0.245 e. The number of carbonyl (C=O) groups excluding carboxylic acids is 2. The van der Waals surface area contributed by atoms with Crippen LogP contribution in [-0.4, -0.2) is 29.3 Å². The SMILES string of the molecule is Cc1ccc(C(C)N2CC(=O)NC(C)C2=O)cc1. The molecular weight excluding hydrogens is 228 g/mol. The van der Waals surface area contributed by atoms with E-state index >= 15 is 0 Å². The van der Waals surface area contributed by atoms with Crippen LogP contribution in [-0.2, 0) is 9.59 Å². The standard InChI is InChI=1S/C14H18N2O2/c1-9-4-6-12(7-5-9)11(3)16-8-13(17)15-10(2)14(16)18/h4-7,10-11H,8H2,1-3H3,(H,15,17). The van der Waals surface area contributed by atoms with E-state index in [9.17, 15) is 9.59 Å². The van der Waals surface area contributed by atoms with Crippen LogP contribution in [0.1, 0.15) is 31.0 Å². The van der Waals surface area contributed by atoms with Gasteiger partial charge in [0.15, 0.2) is 0 Å². The highest BCUT2D eigenvalue weighted by atomic mass is 16.2. The molecule has 1 aromatic carbocycles. The summed E-state index contributed by atoms with van der Waals surface area (Å²) in [7, 11) is 0. The van der Waals surface area contributed by atoms with Gasteiger partial charge in [0.05, 0.1) is 6.04 Å². The summed E-state index contributed by atoms with van der Waals surface area (Å²) in [6, 6.07) is 7.54. The number of nitrogens with one attached hydrogen (secondary N) is 1. The number of piperazine rings is 1. The molecule has 2 amide bonds. The molecule has 0 spiro atoms. The van der Waals surface area contributed by atoms with Crippen molar-refractivity contribution in [3.8, 4) is 0 Å². The molecule has 2 unspecified atom stereocenters.